The number of hydrogen-bond acceptors (Lipinski definition) is 5. The first-order valence-electron chi connectivity index (χ1n) is 8.70. The lowest BCUT2D eigenvalue weighted by Gasteiger charge is -2.07. The summed E-state index contributed by atoms with van der Waals surface area (Å²) < 4.78 is 7.61. The summed E-state index contributed by atoms with van der Waals surface area (Å²) in [6, 6.07) is 16.9. The molecule has 1 N–H and O–H groups in total. The number of aromatic nitrogens is 3. The molecule has 2 aromatic heterocycles. The second kappa shape index (κ2) is 8.06. The molecule has 0 fully saturated rings. The maximum absolute atomic E-state index is 12.5. The van der Waals surface area contributed by atoms with Gasteiger partial charge in [0, 0.05) is 35.9 Å². The predicted octanol–water partition coefficient (Wildman–Crippen LogP) is 4.37. The molecule has 0 saturated heterocycles. The quantitative estimate of drug-likeness (QED) is 0.531. The number of rotatable bonds is 6. The van der Waals surface area contributed by atoms with Gasteiger partial charge in [-0.05, 0) is 24.3 Å². The average Bonchev–Trinajstić information content (AvgIpc) is 3.36. The number of nitrogens with one attached hydrogen (secondary N) is 1. The zero-order valence-corrected chi connectivity index (χ0v) is 16.0. The normalized spacial score (nSPS) is 10.6. The van der Waals surface area contributed by atoms with Gasteiger partial charge in [0.05, 0.1) is 5.69 Å². The molecule has 0 aliphatic carbocycles. The summed E-state index contributed by atoms with van der Waals surface area (Å²) in [5.41, 5.74) is 2.41. The number of ether oxygens (including phenoxy) is 1. The standard InChI is InChI=1S/C21H18N4O2S/c1-25-12-11-22-19(25)13-27-17-9-7-16(8-10-17)20(26)24-21-23-18(14-28-21)15-5-3-2-4-6-15/h2-12,14H,13H2,1H3,(H,23,24,26). The van der Waals surface area contributed by atoms with Gasteiger partial charge in [0.2, 0.25) is 0 Å². The molecule has 0 atom stereocenters. The Morgan fingerprint density at radius 2 is 1.93 bits per heavy atom. The topological polar surface area (TPSA) is 69.0 Å². The van der Waals surface area contributed by atoms with Crippen molar-refractivity contribution >= 4 is 22.4 Å². The van der Waals surface area contributed by atoms with Crippen molar-refractivity contribution in [3.63, 3.8) is 0 Å². The van der Waals surface area contributed by atoms with Crippen molar-refractivity contribution in [3.05, 3.63) is 83.8 Å². The van der Waals surface area contributed by atoms with Crippen LogP contribution in [-0.2, 0) is 13.7 Å². The molecule has 7 heteroatoms. The van der Waals surface area contributed by atoms with Gasteiger partial charge in [-0.3, -0.25) is 10.1 Å². The monoisotopic (exact) mass is 390 g/mol. The highest BCUT2D eigenvalue weighted by Crippen LogP contribution is 2.25. The third-order valence-corrected chi connectivity index (χ3v) is 4.96. The van der Waals surface area contributed by atoms with Crippen LogP contribution >= 0.6 is 11.3 Å². The van der Waals surface area contributed by atoms with Crippen LogP contribution in [0.5, 0.6) is 5.75 Å². The molecule has 4 rings (SSSR count). The van der Waals surface area contributed by atoms with Crippen LogP contribution < -0.4 is 10.1 Å². The molecule has 0 saturated carbocycles. The third kappa shape index (κ3) is 4.10. The van der Waals surface area contributed by atoms with E-state index >= 15 is 0 Å². The molecular formula is C21H18N4O2S. The smallest absolute Gasteiger partial charge is 0.257 e. The minimum Gasteiger partial charge on any atom is -0.486 e. The Hall–Kier alpha value is -3.45. The van der Waals surface area contributed by atoms with E-state index in [1.807, 2.05) is 53.5 Å². The molecule has 0 bridgehead atoms. The van der Waals surface area contributed by atoms with Crippen molar-refractivity contribution in [2.45, 2.75) is 6.61 Å². The Bertz CT molecular complexity index is 1070. The van der Waals surface area contributed by atoms with E-state index in [4.69, 9.17) is 4.74 Å². The summed E-state index contributed by atoms with van der Waals surface area (Å²) in [5, 5.41) is 5.34. The number of hydrogen-bond donors (Lipinski definition) is 1. The van der Waals surface area contributed by atoms with E-state index in [0.29, 0.717) is 23.1 Å². The van der Waals surface area contributed by atoms with Gasteiger partial charge < -0.3 is 9.30 Å². The minimum atomic E-state index is -0.204. The van der Waals surface area contributed by atoms with E-state index < -0.39 is 0 Å². The number of benzene rings is 2. The number of carbonyl (C=O) groups excluding carboxylic acids is 1. The highest BCUT2D eigenvalue weighted by Gasteiger charge is 2.10. The fourth-order valence-electron chi connectivity index (χ4n) is 2.63. The first-order valence-corrected chi connectivity index (χ1v) is 9.58. The van der Waals surface area contributed by atoms with E-state index in [2.05, 4.69) is 15.3 Å². The maximum Gasteiger partial charge on any atom is 0.257 e. The molecule has 28 heavy (non-hydrogen) atoms. The summed E-state index contributed by atoms with van der Waals surface area (Å²) in [5.74, 6) is 1.31. The van der Waals surface area contributed by atoms with Crippen molar-refractivity contribution in [2.75, 3.05) is 5.32 Å². The van der Waals surface area contributed by atoms with Gasteiger partial charge in [-0.1, -0.05) is 30.3 Å². The molecule has 1 amide bonds. The summed E-state index contributed by atoms with van der Waals surface area (Å²) in [6.45, 7) is 0.371. The first-order chi connectivity index (χ1) is 13.7. The predicted molar refractivity (Wildman–Crippen MR) is 109 cm³/mol. The number of thiazole rings is 1. The van der Waals surface area contributed by atoms with E-state index in [1.165, 1.54) is 11.3 Å². The summed E-state index contributed by atoms with van der Waals surface area (Å²) in [4.78, 5) is 21.2. The SMILES string of the molecule is Cn1ccnc1COc1ccc(C(=O)Nc2nc(-c3ccccc3)cs2)cc1. The number of carbonyl (C=O) groups is 1. The third-order valence-electron chi connectivity index (χ3n) is 4.20. The second-order valence-corrected chi connectivity index (χ2v) is 6.98. The zero-order chi connectivity index (χ0) is 19.3. The molecule has 0 aliphatic heterocycles. The minimum absolute atomic E-state index is 0.204. The van der Waals surface area contributed by atoms with Crippen LogP contribution in [0, 0.1) is 0 Å². The van der Waals surface area contributed by atoms with Crippen LogP contribution in [0.25, 0.3) is 11.3 Å². The number of aryl methyl sites for hydroxylation is 1. The van der Waals surface area contributed by atoms with E-state index in [1.54, 1.807) is 30.5 Å². The Morgan fingerprint density at radius 1 is 1.14 bits per heavy atom. The van der Waals surface area contributed by atoms with Crippen LogP contribution in [0.15, 0.2) is 72.4 Å². The van der Waals surface area contributed by atoms with Gasteiger partial charge in [0.1, 0.15) is 18.2 Å². The molecule has 0 spiro atoms. The van der Waals surface area contributed by atoms with Gasteiger partial charge in [-0.2, -0.15) is 0 Å². The number of amides is 1. The van der Waals surface area contributed by atoms with Crippen molar-refractivity contribution in [3.8, 4) is 17.0 Å². The van der Waals surface area contributed by atoms with E-state index in [-0.39, 0.29) is 5.91 Å². The lowest BCUT2D eigenvalue weighted by Crippen LogP contribution is -2.11. The van der Waals surface area contributed by atoms with Gasteiger partial charge in [0.25, 0.3) is 5.91 Å². The number of nitrogens with zero attached hydrogens (tertiary/aromatic N) is 3. The van der Waals surface area contributed by atoms with Crippen LogP contribution in [0.1, 0.15) is 16.2 Å². The number of imidazole rings is 1. The lowest BCUT2D eigenvalue weighted by atomic mass is 10.2. The Balaban J connectivity index is 1.37. The van der Waals surface area contributed by atoms with Crippen LogP contribution in [0.4, 0.5) is 5.13 Å². The lowest BCUT2D eigenvalue weighted by molar-refractivity contribution is 0.102. The second-order valence-electron chi connectivity index (χ2n) is 6.13. The molecule has 2 heterocycles. The van der Waals surface area contributed by atoms with Gasteiger partial charge >= 0.3 is 0 Å². The van der Waals surface area contributed by atoms with Gasteiger partial charge in [-0.25, -0.2) is 9.97 Å². The molecule has 2 aromatic carbocycles. The average molecular weight is 390 g/mol. The Labute approximate surface area is 166 Å². The fourth-order valence-corrected chi connectivity index (χ4v) is 3.34. The molecule has 0 unspecified atom stereocenters. The summed E-state index contributed by atoms with van der Waals surface area (Å²) >= 11 is 1.40. The largest absolute Gasteiger partial charge is 0.486 e. The first kappa shape index (κ1) is 17.9. The Kier molecular flexibility index (Phi) is 5.16. The van der Waals surface area contributed by atoms with E-state index in [9.17, 15) is 4.79 Å². The van der Waals surface area contributed by atoms with Crippen LogP contribution in [0.2, 0.25) is 0 Å². The molecule has 4 aromatic rings. The summed E-state index contributed by atoms with van der Waals surface area (Å²) in [6.07, 6.45) is 3.60. The molecule has 6 nitrogen and oxygen atoms in total. The van der Waals surface area contributed by atoms with Crippen LogP contribution in [-0.4, -0.2) is 20.4 Å². The highest BCUT2D eigenvalue weighted by atomic mass is 32.1. The molecule has 0 aliphatic rings. The maximum atomic E-state index is 12.5. The Morgan fingerprint density at radius 3 is 2.64 bits per heavy atom. The molecule has 140 valence electrons. The van der Waals surface area contributed by atoms with Crippen molar-refractivity contribution in [1.29, 1.82) is 0 Å². The molecular weight excluding hydrogens is 372 g/mol. The number of anilines is 1. The zero-order valence-electron chi connectivity index (χ0n) is 15.2. The van der Waals surface area contributed by atoms with Crippen LogP contribution in [0.3, 0.4) is 0 Å². The van der Waals surface area contributed by atoms with Crippen molar-refractivity contribution < 1.29 is 9.53 Å². The van der Waals surface area contributed by atoms with Gasteiger partial charge in [-0.15, -0.1) is 11.3 Å². The molecule has 0 radical (unpaired) electrons. The van der Waals surface area contributed by atoms with Crippen molar-refractivity contribution in [2.24, 2.45) is 7.05 Å². The van der Waals surface area contributed by atoms with Gasteiger partial charge in [0.15, 0.2) is 5.13 Å². The fraction of sp³-hybridized carbons (Fsp3) is 0.0952. The highest BCUT2D eigenvalue weighted by molar-refractivity contribution is 7.14. The van der Waals surface area contributed by atoms with E-state index in [0.717, 1.165) is 17.1 Å². The summed E-state index contributed by atoms with van der Waals surface area (Å²) in [7, 11) is 1.92. The van der Waals surface area contributed by atoms with Crippen molar-refractivity contribution in [1.82, 2.24) is 14.5 Å².